The molecule has 8 nitrogen and oxygen atoms in total. The Bertz CT molecular complexity index is 1050. The van der Waals surface area contributed by atoms with Crippen LogP contribution in [0.5, 0.6) is 11.5 Å². The van der Waals surface area contributed by atoms with E-state index in [0.717, 1.165) is 5.56 Å². The number of ether oxygens (including phenoxy) is 3. The fourth-order valence-corrected chi connectivity index (χ4v) is 2.97. The predicted molar refractivity (Wildman–Crippen MR) is 114 cm³/mol. The van der Waals surface area contributed by atoms with E-state index in [9.17, 15) is 9.59 Å². The van der Waals surface area contributed by atoms with Gasteiger partial charge in [0.15, 0.2) is 18.3 Å². The normalized spacial score (nSPS) is 10.4. The minimum Gasteiger partial charge on any atom is -0.495 e. The van der Waals surface area contributed by atoms with Gasteiger partial charge in [0.05, 0.1) is 37.5 Å². The molecule has 0 atom stereocenters. The molecule has 0 bridgehead atoms. The largest absolute Gasteiger partial charge is 0.495 e. The molecule has 1 amide bonds. The van der Waals surface area contributed by atoms with Gasteiger partial charge in [0.25, 0.3) is 5.91 Å². The van der Waals surface area contributed by atoms with Crippen LogP contribution in [0.25, 0.3) is 11.3 Å². The van der Waals surface area contributed by atoms with Gasteiger partial charge in [0.1, 0.15) is 11.5 Å². The number of nitrogens with zero attached hydrogens (tertiary/aromatic N) is 1. The average molecular weight is 445 g/mol. The van der Waals surface area contributed by atoms with Crippen molar-refractivity contribution in [2.75, 3.05) is 26.1 Å². The lowest BCUT2D eigenvalue weighted by Crippen LogP contribution is -2.21. The van der Waals surface area contributed by atoms with Crippen molar-refractivity contribution in [3.63, 3.8) is 0 Å². The summed E-state index contributed by atoms with van der Waals surface area (Å²) < 4.78 is 21.0. The Balaban J connectivity index is 1.47. The van der Waals surface area contributed by atoms with E-state index >= 15 is 0 Å². The number of aryl methyl sites for hydroxylation is 1. The van der Waals surface area contributed by atoms with Crippen LogP contribution >= 0.6 is 11.6 Å². The minimum atomic E-state index is -0.547. The van der Waals surface area contributed by atoms with Gasteiger partial charge in [0.2, 0.25) is 0 Å². The summed E-state index contributed by atoms with van der Waals surface area (Å²) in [5.74, 6) is 0.724. The van der Waals surface area contributed by atoms with Crippen LogP contribution in [0.4, 0.5) is 5.69 Å². The molecule has 162 valence electrons. The first-order chi connectivity index (χ1) is 15.0. The number of amides is 1. The highest BCUT2D eigenvalue weighted by atomic mass is 35.5. The third kappa shape index (κ3) is 5.99. The van der Waals surface area contributed by atoms with Gasteiger partial charge in [-0.15, -0.1) is 0 Å². The standard InChI is InChI=1S/C22H21ClN2O6/c1-28-17-11-18(29-2)16(10-15(17)23)25-20(26)13-30-22(27)9-8-21-24-12-19(31-21)14-6-4-3-5-7-14/h3-7,10-12H,8-9,13H2,1-2H3,(H,25,26). The van der Waals surface area contributed by atoms with Crippen LogP contribution < -0.4 is 14.8 Å². The fourth-order valence-electron chi connectivity index (χ4n) is 2.73. The first-order valence-corrected chi connectivity index (χ1v) is 9.75. The molecule has 31 heavy (non-hydrogen) atoms. The summed E-state index contributed by atoms with van der Waals surface area (Å²) in [6, 6.07) is 12.6. The molecule has 0 saturated heterocycles. The van der Waals surface area contributed by atoms with Crippen LogP contribution in [0, 0.1) is 0 Å². The Morgan fingerprint density at radius 3 is 2.55 bits per heavy atom. The molecule has 1 heterocycles. The molecular formula is C22H21ClN2O6. The highest BCUT2D eigenvalue weighted by Crippen LogP contribution is 2.35. The van der Waals surface area contributed by atoms with Crippen molar-refractivity contribution >= 4 is 29.2 Å². The number of anilines is 1. The fraction of sp³-hybridized carbons (Fsp3) is 0.227. The highest BCUT2D eigenvalue weighted by molar-refractivity contribution is 6.32. The smallest absolute Gasteiger partial charge is 0.306 e. The Morgan fingerprint density at radius 1 is 1.10 bits per heavy atom. The van der Waals surface area contributed by atoms with E-state index in [2.05, 4.69) is 10.3 Å². The van der Waals surface area contributed by atoms with E-state index in [-0.39, 0.29) is 12.8 Å². The molecule has 0 radical (unpaired) electrons. The predicted octanol–water partition coefficient (Wildman–Crippen LogP) is 4.13. The minimum absolute atomic E-state index is 0.0275. The molecule has 0 spiro atoms. The highest BCUT2D eigenvalue weighted by Gasteiger charge is 2.15. The Morgan fingerprint density at radius 2 is 1.84 bits per heavy atom. The molecule has 0 saturated carbocycles. The molecule has 0 aliphatic carbocycles. The van der Waals surface area contributed by atoms with Crippen LogP contribution in [-0.2, 0) is 20.7 Å². The van der Waals surface area contributed by atoms with Crippen molar-refractivity contribution in [3.8, 4) is 22.8 Å². The van der Waals surface area contributed by atoms with Gasteiger partial charge >= 0.3 is 5.97 Å². The second-order valence-electron chi connectivity index (χ2n) is 6.38. The molecule has 0 aliphatic heterocycles. The zero-order chi connectivity index (χ0) is 22.2. The van der Waals surface area contributed by atoms with Crippen LogP contribution in [0.3, 0.4) is 0 Å². The first-order valence-electron chi connectivity index (χ1n) is 9.37. The second-order valence-corrected chi connectivity index (χ2v) is 6.79. The van der Waals surface area contributed by atoms with E-state index in [1.54, 1.807) is 12.3 Å². The third-order valence-electron chi connectivity index (χ3n) is 4.27. The second kappa shape index (κ2) is 10.5. The van der Waals surface area contributed by atoms with Crippen LogP contribution in [0.15, 0.2) is 53.1 Å². The third-order valence-corrected chi connectivity index (χ3v) is 4.56. The average Bonchev–Trinajstić information content (AvgIpc) is 3.26. The number of rotatable bonds is 9. The quantitative estimate of drug-likeness (QED) is 0.495. The summed E-state index contributed by atoms with van der Waals surface area (Å²) in [5.41, 5.74) is 1.23. The molecule has 0 fully saturated rings. The van der Waals surface area contributed by atoms with E-state index in [4.69, 9.17) is 30.2 Å². The molecule has 3 aromatic rings. The van der Waals surface area contributed by atoms with E-state index < -0.39 is 18.5 Å². The lowest BCUT2D eigenvalue weighted by molar-refractivity contribution is -0.147. The number of hydrogen-bond donors (Lipinski definition) is 1. The topological polar surface area (TPSA) is 99.9 Å². The molecular weight excluding hydrogens is 424 g/mol. The number of halogens is 1. The number of carbonyl (C=O) groups is 2. The van der Waals surface area contributed by atoms with E-state index in [1.807, 2.05) is 30.3 Å². The van der Waals surface area contributed by atoms with Gasteiger partial charge in [-0.3, -0.25) is 9.59 Å². The van der Waals surface area contributed by atoms with Gasteiger partial charge in [-0.05, 0) is 6.07 Å². The molecule has 0 unspecified atom stereocenters. The Hall–Kier alpha value is -3.52. The van der Waals surface area contributed by atoms with Crippen LogP contribution in [0.1, 0.15) is 12.3 Å². The molecule has 2 aromatic carbocycles. The maximum atomic E-state index is 12.1. The van der Waals surface area contributed by atoms with Gasteiger partial charge in [0, 0.05) is 18.1 Å². The lowest BCUT2D eigenvalue weighted by atomic mass is 10.2. The van der Waals surface area contributed by atoms with Crippen molar-refractivity contribution in [1.82, 2.24) is 4.98 Å². The van der Waals surface area contributed by atoms with E-state index in [1.165, 1.54) is 20.3 Å². The first kappa shape index (κ1) is 22.2. The summed E-state index contributed by atoms with van der Waals surface area (Å²) in [7, 11) is 2.92. The summed E-state index contributed by atoms with van der Waals surface area (Å²) in [6.07, 6.45) is 1.89. The number of hydrogen-bond acceptors (Lipinski definition) is 7. The Labute approximate surface area is 184 Å². The summed E-state index contributed by atoms with van der Waals surface area (Å²) >= 11 is 6.08. The van der Waals surface area contributed by atoms with Crippen molar-refractivity contribution in [2.45, 2.75) is 12.8 Å². The number of carbonyl (C=O) groups excluding carboxylic acids is 2. The van der Waals surface area contributed by atoms with Crippen molar-refractivity contribution in [2.24, 2.45) is 0 Å². The molecule has 1 N–H and O–H groups in total. The maximum absolute atomic E-state index is 12.1. The molecule has 1 aromatic heterocycles. The zero-order valence-corrected chi connectivity index (χ0v) is 17.8. The SMILES string of the molecule is COc1cc(OC)c(NC(=O)COC(=O)CCc2ncc(-c3ccccc3)o2)cc1Cl. The van der Waals surface area contributed by atoms with Crippen LogP contribution in [0.2, 0.25) is 5.02 Å². The van der Waals surface area contributed by atoms with Gasteiger partial charge in [-0.25, -0.2) is 4.98 Å². The summed E-state index contributed by atoms with van der Waals surface area (Å²) in [6.45, 7) is -0.452. The summed E-state index contributed by atoms with van der Waals surface area (Å²) in [4.78, 5) is 28.3. The molecule has 0 aliphatic rings. The molecule has 3 rings (SSSR count). The number of esters is 1. The number of nitrogens with one attached hydrogen (secondary N) is 1. The zero-order valence-electron chi connectivity index (χ0n) is 17.0. The summed E-state index contributed by atoms with van der Waals surface area (Å²) in [5, 5.41) is 2.89. The molecule has 9 heteroatoms. The lowest BCUT2D eigenvalue weighted by Gasteiger charge is -2.13. The monoisotopic (exact) mass is 444 g/mol. The number of methoxy groups -OCH3 is 2. The van der Waals surface area contributed by atoms with Crippen LogP contribution in [-0.4, -0.2) is 37.7 Å². The van der Waals surface area contributed by atoms with E-state index in [0.29, 0.717) is 33.9 Å². The van der Waals surface area contributed by atoms with Crippen molar-refractivity contribution in [3.05, 3.63) is 59.6 Å². The number of aromatic nitrogens is 1. The van der Waals surface area contributed by atoms with Crippen molar-refractivity contribution in [1.29, 1.82) is 0 Å². The van der Waals surface area contributed by atoms with Gasteiger partial charge < -0.3 is 23.9 Å². The van der Waals surface area contributed by atoms with Gasteiger partial charge in [-0.1, -0.05) is 41.9 Å². The van der Waals surface area contributed by atoms with Crippen molar-refractivity contribution < 1.29 is 28.2 Å². The maximum Gasteiger partial charge on any atom is 0.306 e. The number of oxazole rings is 1. The number of benzene rings is 2. The van der Waals surface area contributed by atoms with Gasteiger partial charge in [-0.2, -0.15) is 0 Å². The Kier molecular flexibility index (Phi) is 7.50.